The van der Waals surface area contributed by atoms with Gasteiger partial charge in [0.25, 0.3) is 5.69 Å². The number of para-hydroxylation sites is 3. The van der Waals surface area contributed by atoms with Gasteiger partial charge in [-0.3, -0.25) is 19.1 Å². The molecule has 0 aliphatic heterocycles. The number of hydrogen-bond acceptors (Lipinski definition) is 6. The van der Waals surface area contributed by atoms with Crippen LogP contribution < -0.4 is 0 Å². The monoisotopic (exact) mass is 441 g/mol. The van der Waals surface area contributed by atoms with E-state index in [4.69, 9.17) is 0 Å². The predicted octanol–water partition coefficient (Wildman–Crippen LogP) is 4.75. The number of aromatic amines is 1. The van der Waals surface area contributed by atoms with Crippen molar-refractivity contribution in [3.8, 4) is 5.69 Å². The quantitative estimate of drug-likeness (QED) is 0.235. The first-order chi connectivity index (χ1) is 15.7. The zero-order valence-electron chi connectivity index (χ0n) is 16.5. The van der Waals surface area contributed by atoms with E-state index in [1.807, 2.05) is 46.9 Å². The van der Waals surface area contributed by atoms with Crippen LogP contribution >= 0.6 is 11.8 Å². The summed E-state index contributed by atoms with van der Waals surface area (Å²) in [6.07, 6.45) is 0. The first kappa shape index (κ1) is 18.6. The first-order valence-corrected chi connectivity index (χ1v) is 10.8. The van der Waals surface area contributed by atoms with Crippen molar-refractivity contribution in [2.24, 2.45) is 0 Å². The number of nitrogens with zero attached hydrogens (tertiary/aromatic N) is 6. The lowest BCUT2D eigenvalue weighted by atomic mass is 10.3. The normalized spacial score (nSPS) is 11.6. The summed E-state index contributed by atoms with van der Waals surface area (Å²) in [5.41, 5.74) is 4.44. The van der Waals surface area contributed by atoms with Gasteiger partial charge in [0.05, 0.1) is 32.7 Å². The molecule has 0 saturated heterocycles. The molecule has 9 nitrogen and oxygen atoms in total. The summed E-state index contributed by atoms with van der Waals surface area (Å²) in [4.78, 5) is 18.3. The van der Waals surface area contributed by atoms with Gasteiger partial charge in [-0.2, -0.15) is 0 Å². The van der Waals surface area contributed by atoms with Crippen LogP contribution in [-0.4, -0.2) is 34.1 Å². The number of non-ortho nitro benzene ring substituents is 1. The third-order valence-corrected chi connectivity index (χ3v) is 6.20. The molecule has 1 N–H and O–H groups in total. The topological polar surface area (TPSA) is 107 Å². The number of rotatable bonds is 5. The zero-order valence-corrected chi connectivity index (χ0v) is 17.4. The Hall–Kier alpha value is -4.18. The number of H-pyrrole nitrogens is 1. The van der Waals surface area contributed by atoms with Crippen molar-refractivity contribution < 1.29 is 4.92 Å². The van der Waals surface area contributed by atoms with Gasteiger partial charge in [-0.25, -0.2) is 4.98 Å². The lowest BCUT2D eigenvalue weighted by molar-refractivity contribution is -0.384. The van der Waals surface area contributed by atoms with Crippen LogP contribution in [0.2, 0.25) is 0 Å². The van der Waals surface area contributed by atoms with E-state index in [0.29, 0.717) is 22.6 Å². The van der Waals surface area contributed by atoms with Crippen LogP contribution in [0.1, 0.15) is 5.82 Å². The van der Waals surface area contributed by atoms with Crippen LogP contribution in [0.4, 0.5) is 5.69 Å². The number of nitro benzene ring substituents is 1. The summed E-state index contributed by atoms with van der Waals surface area (Å²) < 4.78 is 4.13. The van der Waals surface area contributed by atoms with Crippen LogP contribution in [0.3, 0.4) is 0 Å². The fourth-order valence-corrected chi connectivity index (χ4v) is 4.67. The van der Waals surface area contributed by atoms with Gasteiger partial charge >= 0.3 is 0 Å². The predicted molar refractivity (Wildman–Crippen MR) is 122 cm³/mol. The van der Waals surface area contributed by atoms with Crippen molar-refractivity contribution in [1.82, 2.24) is 29.1 Å². The van der Waals surface area contributed by atoms with Gasteiger partial charge < -0.3 is 4.98 Å². The number of hydrogen-bond donors (Lipinski definition) is 1. The highest BCUT2D eigenvalue weighted by molar-refractivity contribution is 7.98. The van der Waals surface area contributed by atoms with Crippen LogP contribution in [0.5, 0.6) is 0 Å². The molecule has 6 aromatic rings. The number of aromatic nitrogens is 6. The Balaban J connectivity index is 1.39. The average molecular weight is 441 g/mol. The molecule has 6 rings (SSSR count). The molecule has 0 saturated carbocycles. The maximum absolute atomic E-state index is 11.0. The number of benzene rings is 3. The molecule has 0 amide bonds. The number of thioether (sulfide) groups is 1. The van der Waals surface area contributed by atoms with Crippen molar-refractivity contribution in [3.63, 3.8) is 0 Å². The van der Waals surface area contributed by atoms with Crippen molar-refractivity contribution in [2.75, 3.05) is 0 Å². The number of nitro groups is 1. The molecule has 10 heteroatoms. The molecule has 0 spiro atoms. The summed E-state index contributed by atoms with van der Waals surface area (Å²) in [6, 6.07) is 22.8. The maximum atomic E-state index is 11.0. The van der Waals surface area contributed by atoms with Gasteiger partial charge in [0.15, 0.2) is 5.16 Å². The zero-order chi connectivity index (χ0) is 21.7. The van der Waals surface area contributed by atoms with Crippen molar-refractivity contribution in [1.29, 1.82) is 0 Å². The van der Waals surface area contributed by atoms with Crippen molar-refractivity contribution in [3.05, 3.63) is 88.7 Å². The molecule has 0 fully saturated rings. The highest BCUT2D eigenvalue weighted by Crippen LogP contribution is 2.30. The summed E-state index contributed by atoms with van der Waals surface area (Å²) in [6.45, 7) is 0. The second-order valence-corrected chi connectivity index (χ2v) is 8.15. The van der Waals surface area contributed by atoms with Gasteiger partial charge in [0.1, 0.15) is 5.82 Å². The Kier molecular flexibility index (Phi) is 4.18. The molecule has 0 aliphatic carbocycles. The molecule has 3 aromatic carbocycles. The van der Waals surface area contributed by atoms with E-state index in [2.05, 4.69) is 36.9 Å². The molecule has 0 radical (unpaired) electrons. The molecule has 32 heavy (non-hydrogen) atoms. The molecule has 3 aromatic heterocycles. The minimum absolute atomic E-state index is 0.0354. The highest BCUT2D eigenvalue weighted by atomic mass is 32.2. The fourth-order valence-electron chi connectivity index (χ4n) is 3.86. The largest absolute Gasteiger partial charge is 0.341 e. The van der Waals surface area contributed by atoms with Crippen LogP contribution in [0.25, 0.3) is 33.5 Å². The van der Waals surface area contributed by atoms with Crippen molar-refractivity contribution in [2.45, 2.75) is 10.9 Å². The molecule has 3 heterocycles. The molecule has 0 bridgehead atoms. The van der Waals surface area contributed by atoms with Gasteiger partial charge in [0.2, 0.25) is 5.78 Å². The summed E-state index contributed by atoms with van der Waals surface area (Å²) in [5.74, 6) is 1.97. The Morgan fingerprint density at radius 3 is 2.56 bits per heavy atom. The minimum Gasteiger partial charge on any atom is -0.341 e. The Labute approximate surface area is 184 Å². The van der Waals surface area contributed by atoms with Crippen LogP contribution in [0.15, 0.2) is 78.0 Å². The van der Waals surface area contributed by atoms with E-state index < -0.39 is 4.92 Å². The smallest absolute Gasteiger partial charge is 0.271 e. The first-order valence-electron chi connectivity index (χ1n) is 9.85. The van der Waals surface area contributed by atoms with E-state index in [1.165, 1.54) is 23.9 Å². The lowest BCUT2D eigenvalue weighted by Gasteiger charge is -2.03. The van der Waals surface area contributed by atoms with Crippen LogP contribution in [-0.2, 0) is 5.75 Å². The van der Waals surface area contributed by atoms with Crippen LogP contribution in [0, 0.1) is 10.1 Å². The van der Waals surface area contributed by atoms with E-state index in [0.717, 1.165) is 27.7 Å². The lowest BCUT2D eigenvalue weighted by Crippen LogP contribution is -1.94. The maximum Gasteiger partial charge on any atom is 0.271 e. The van der Waals surface area contributed by atoms with Gasteiger partial charge in [-0.1, -0.05) is 42.1 Å². The van der Waals surface area contributed by atoms with E-state index in [1.54, 1.807) is 6.07 Å². The third kappa shape index (κ3) is 2.92. The second kappa shape index (κ2) is 7.20. The van der Waals surface area contributed by atoms with E-state index >= 15 is 0 Å². The Morgan fingerprint density at radius 1 is 0.969 bits per heavy atom. The Bertz CT molecular complexity index is 1620. The number of fused-ring (bicyclic) bond motifs is 4. The number of nitrogens with one attached hydrogen (secondary N) is 1. The molecule has 0 aliphatic rings. The van der Waals surface area contributed by atoms with Gasteiger partial charge in [-0.05, 0) is 30.3 Å². The van der Waals surface area contributed by atoms with Crippen molar-refractivity contribution >= 4 is 45.3 Å². The number of imidazole rings is 2. The molecule has 0 atom stereocenters. The third-order valence-electron chi connectivity index (χ3n) is 5.26. The standard InChI is InChI=1S/C22H15N7O2S/c30-29(31)15-10-11-16-17(12-15)24-20(23-16)13-32-22-26-25-21-27(14-6-2-1-3-7-14)18-8-4-5-9-19(18)28(21)22/h1-12H,13H2,(H,23,24). The summed E-state index contributed by atoms with van der Waals surface area (Å²) in [5, 5.41) is 20.7. The molecule has 0 unspecified atom stereocenters. The van der Waals surface area contributed by atoms with Gasteiger partial charge in [-0.15, -0.1) is 10.2 Å². The molecular formula is C22H15N7O2S. The molecule has 156 valence electrons. The minimum atomic E-state index is -0.413. The second-order valence-electron chi connectivity index (χ2n) is 7.21. The summed E-state index contributed by atoms with van der Waals surface area (Å²) in [7, 11) is 0. The van der Waals surface area contributed by atoms with Gasteiger partial charge in [0, 0.05) is 17.8 Å². The average Bonchev–Trinajstić information content (AvgIpc) is 3.50. The Morgan fingerprint density at radius 2 is 1.75 bits per heavy atom. The molecular weight excluding hydrogens is 426 g/mol. The SMILES string of the molecule is O=[N+]([O-])c1ccc2nc(CSc3nnc4n(-c5ccccc5)c5ccccc5n34)[nH]c2c1. The fraction of sp³-hybridized carbons (Fsp3) is 0.0455. The van der Waals surface area contributed by atoms with E-state index in [-0.39, 0.29) is 5.69 Å². The summed E-state index contributed by atoms with van der Waals surface area (Å²) >= 11 is 1.51. The van der Waals surface area contributed by atoms with E-state index in [9.17, 15) is 10.1 Å². The highest BCUT2D eigenvalue weighted by Gasteiger charge is 2.18.